The van der Waals surface area contributed by atoms with Crippen LogP contribution in [0.15, 0.2) is 0 Å². The van der Waals surface area contributed by atoms with Crippen molar-refractivity contribution >= 4 is 0 Å². The number of hydrogen-bond donors (Lipinski definition) is 2. The lowest BCUT2D eigenvalue weighted by Crippen LogP contribution is -2.59. The summed E-state index contributed by atoms with van der Waals surface area (Å²) < 4.78 is 7.85. The molecule has 4 rings (SSSR count). The molecule has 0 saturated heterocycles. The smallest absolute Gasteiger partial charge is 0.0648 e. The van der Waals surface area contributed by atoms with Gasteiger partial charge in [-0.15, -0.1) is 0 Å². The van der Waals surface area contributed by atoms with Crippen LogP contribution >= 0.6 is 0 Å². The first-order chi connectivity index (χ1) is 10.8. The van der Waals surface area contributed by atoms with Crippen molar-refractivity contribution in [3.8, 4) is 0 Å². The number of aliphatic hydroxyl groups excluding tert-OH is 1. The average Bonchev–Trinajstić information content (AvgIpc) is 2.89. The molecule has 4 saturated carbocycles. The second kappa shape index (κ2) is 4.51. The van der Waals surface area contributed by atoms with Crippen molar-refractivity contribution in [1.29, 1.82) is 0 Å². The fourth-order valence-corrected chi connectivity index (χ4v) is 7.79. The van der Waals surface area contributed by atoms with Crippen LogP contribution < -0.4 is 0 Å². The summed E-state index contributed by atoms with van der Waals surface area (Å²) in [7, 11) is 0. The lowest BCUT2D eigenvalue weighted by Gasteiger charge is -2.65. The maximum Gasteiger partial charge on any atom is 0.0648 e. The summed E-state index contributed by atoms with van der Waals surface area (Å²) in [6.07, 6.45) is 10.5. The highest BCUT2D eigenvalue weighted by atomic mass is 16.3. The van der Waals surface area contributed by atoms with Crippen LogP contribution in [0.3, 0.4) is 0 Å². The van der Waals surface area contributed by atoms with Crippen LogP contribution in [0.2, 0.25) is 0 Å². The molecule has 1 spiro atoms. The van der Waals surface area contributed by atoms with Gasteiger partial charge in [0.05, 0.1) is 5.60 Å². The molecule has 4 fully saturated rings. The first-order valence-electron chi connectivity index (χ1n) is 10.2. The summed E-state index contributed by atoms with van der Waals surface area (Å²) >= 11 is 0. The minimum atomic E-state index is -0.719. The van der Waals surface area contributed by atoms with Gasteiger partial charge in [-0.2, -0.15) is 0 Å². The molecule has 0 aromatic heterocycles. The van der Waals surface area contributed by atoms with Crippen LogP contribution in [-0.2, 0) is 0 Å². The third-order valence-corrected chi connectivity index (χ3v) is 9.08. The van der Waals surface area contributed by atoms with Crippen LogP contribution in [0, 0.1) is 34.0 Å². The molecule has 0 aromatic carbocycles. The topological polar surface area (TPSA) is 40.5 Å². The average molecular weight is 307 g/mol. The van der Waals surface area contributed by atoms with Gasteiger partial charge in [-0.25, -0.2) is 0 Å². The van der Waals surface area contributed by atoms with Crippen molar-refractivity contribution < 1.29 is 11.6 Å². The fourth-order valence-electron chi connectivity index (χ4n) is 7.79. The van der Waals surface area contributed by atoms with Gasteiger partial charge in [0.15, 0.2) is 0 Å². The zero-order valence-corrected chi connectivity index (χ0v) is 14.4. The molecule has 2 N–H and O–H groups in total. The Morgan fingerprint density at radius 3 is 2.64 bits per heavy atom. The zero-order chi connectivity index (χ0) is 16.5. The third-order valence-electron chi connectivity index (χ3n) is 9.08. The van der Waals surface area contributed by atoms with Crippen molar-refractivity contribution in [2.75, 3.05) is 6.61 Å². The van der Waals surface area contributed by atoms with Gasteiger partial charge in [0.25, 0.3) is 0 Å². The second-order valence-corrected chi connectivity index (χ2v) is 9.81. The minimum absolute atomic E-state index is 0.0913. The first kappa shape index (κ1) is 14.3. The molecule has 0 heterocycles. The predicted octanol–water partition coefficient (Wildman–Crippen LogP) is 4.14. The normalized spacial score (nSPS) is 61.3. The highest BCUT2D eigenvalue weighted by Crippen LogP contribution is 2.75. The van der Waals surface area contributed by atoms with Crippen LogP contribution in [0.5, 0.6) is 0 Å². The molecule has 4 aliphatic rings. The number of aliphatic hydroxyl groups is 2. The van der Waals surface area contributed by atoms with E-state index in [2.05, 4.69) is 13.8 Å². The maximum atomic E-state index is 10.9. The Labute approximate surface area is 137 Å². The van der Waals surface area contributed by atoms with E-state index in [1.807, 2.05) is 0 Å². The first-order valence-corrected chi connectivity index (χ1v) is 9.46. The molecule has 0 radical (unpaired) electrons. The SMILES string of the molecule is [2H]C[C@@]1(O)CC[C@]23C[C@H]1C[C@@H]2CC[C@H]1[C@](C)(CO)CCC[C@@]13C. The highest BCUT2D eigenvalue weighted by molar-refractivity contribution is 5.17. The Kier molecular flexibility index (Phi) is 2.92. The molecule has 2 bridgehead atoms. The monoisotopic (exact) mass is 307 g/mol. The Morgan fingerprint density at radius 2 is 1.91 bits per heavy atom. The van der Waals surface area contributed by atoms with Crippen molar-refractivity contribution in [3.05, 3.63) is 0 Å². The molecule has 2 nitrogen and oxygen atoms in total. The molecule has 126 valence electrons. The van der Waals surface area contributed by atoms with E-state index in [1.165, 1.54) is 32.1 Å². The molecule has 0 aromatic rings. The van der Waals surface area contributed by atoms with Gasteiger partial charge in [0, 0.05) is 7.98 Å². The second-order valence-electron chi connectivity index (χ2n) is 9.81. The standard InChI is InChI=1S/C20H34O2/c1-17(13-21)7-4-8-18(2)16(17)6-5-14-11-15-12-20(14,18)10-9-19(15,3)22/h14-16,21-22H,4-13H2,1-3H3/t14-,15+,16-,17-,18-,19+,20-/m0/s1/i3D. The van der Waals surface area contributed by atoms with Gasteiger partial charge in [-0.05, 0) is 92.3 Å². The summed E-state index contributed by atoms with van der Waals surface area (Å²) in [5, 5.41) is 21.0. The van der Waals surface area contributed by atoms with Crippen LogP contribution in [0.4, 0.5) is 0 Å². The molecule has 0 unspecified atom stereocenters. The van der Waals surface area contributed by atoms with Crippen molar-refractivity contribution in [2.24, 2.45) is 34.0 Å². The van der Waals surface area contributed by atoms with Gasteiger partial charge in [-0.1, -0.05) is 20.3 Å². The van der Waals surface area contributed by atoms with Crippen molar-refractivity contribution in [3.63, 3.8) is 0 Å². The van der Waals surface area contributed by atoms with E-state index in [-0.39, 0.29) is 12.3 Å². The van der Waals surface area contributed by atoms with Gasteiger partial charge in [0.1, 0.15) is 0 Å². The summed E-state index contributed by atoms with van der Waals surface area (Å²) in [6, 6.07) is 0. The van der Waals surface area contributed by atoms with Gasteiger partial charge < -0.3 is 10.2 Å². The van der Waals surface area contributed by atoms with E-state index < -0.39 is 5.60 Å². The number of fused-ring (bicyclic) bond motifs is 2. The van der Waals surface area contributed by atoms with E-state index in [0.29, 0.717) is 29.3 Å². The largest absolute Gasteiger partial charge is 0.396 e. The molecule has 0 aliphatic heterocycles. The third kappa shape index (κ3) is 1.69. The van der Waals surface area contributed by atoms with Crippen molar-refractivity contribution in [1.82, 2.24) is 0 Å². The fraction of sp³-hybridized carbons (Fsp3) is 1.00. The van der Waals surface area contributed by atoms with Crippen LogP contribution in [0.25, 0.3) is 0 Å². The quantitative estimate of drug-likeness (QED) is 0.764. The lowest BCUT2D eigenvalue weighted by molar-refractivity contribution is -0.182. The predicted molar refractivity (Wildman–Crippen MR) is 88.4 cm³/mol. The Bertz CT molecular complexity index is 496. The van der Waals surface area contributed by atoms with Crippen molar-refractivity contribution in [2.45, 2.75) is 84.1 Å². The molecule has 7 atom stereocenters. The zero-order valence-electron chi connectivity index (χ0n) is 15.4. The summed E-state index contributed by atoms with van der Waals surface area (Å²) in [5.41, 5.74) is 0.0694. The number of rotatable bonds is 1. The van der Waals surface area contributed by atoms with Gasteiger partial charge in [-0.3, -0.25) is 0 Å². The molecule has 4 aliphatic carbocycles. The summed E-state index contributed by atoms with van der Waals surface area (Å²) in [4.78, 5) is 0. The van der Waals surface area contributed by atoms with E-state index >= 15 is 0 Å². The molecule has 22 heavy (non-hydrogen) atoms. The van der Waals surface area contributed by atoms with Gasteiger partial charge >= 0.3 is 0 Å². The maximum absolute atomic E-state index is 10.9. The van der Waals surface area contributed by atoms with E-state index in [0.717, 1.165) is 31.6 Å². The van der Waals surface area contributed by atoms with Crippen LogP contribution in [0.1, 0.15) is 79.9 Å². The summed E-state index contributed by atoms with van der Waals surface area (Å²) in [5.74, 6) is 1.72. The molecule has 2 heteroatoms. The molecular formula is C20H34O2. The molecular weight excluding hydrogens is 272 g/mol. The van der Waals surface area contributed by atoms with Gasteiger partial charge in [0.2, 0.25) is 0 Å². The number of hydrogen-bond acceptors (Lipinski definition) is 2. The highest BCUT2D eigenvalue weighted by Gasteiger charge is 2.68. The Morgan fingerprint density at radius 1 is 1.09 bits per heavy atom. The van der Waals surface area contributed by atoms with E-state index in [9.17, 15) is 10.2 Å². The van der Waals surface area contributed by atoms with E-state index in [4.69, 9.17) is 1.37 Å². The lowest BCUT2D eigenvalue weighted by atomic mass is 9.39. The van der Waals surface area contributed by atoms with Crippen LogP contribution in [-0.4, -0.2) is 22.4 Å². The minimum Gasteiger partial charge on any atom is -0.396 e. The molecule has 0 amide bonds. The van der Waals surface area contributed by atoms with E-state index in [1.54, 1.807) is 0 Å². The summed E-state index contributed by atoms with van der Waals surface area (Å²) in [6.45, 7) is 5.36. The Balaban J connectivity index is 1.74. The Hall–Kier alpha value is -0.0800.